The number of hydrogen-bond acceptors (Lipinski definition) is 2. The first-order valence-corrected chi connectivity index (χ1v) is 16.4. The van der Waals surface area contributed by atoms with Gasteiger partial charge in [-0.1, -0.05) is 115 Å². The molecule has 2 heterocycles. The molecule has 0 fully saturated rings. The maximum atomic E-state index is 6.79. The van der Waals surface area contributed by atoms with Crippen molar-refractivity contribution in [3.8, 4) is 22.3 Å². The molecule has 0 unspecified atom stereocenters. The van der Waals surface area contributed by atoms with E-state index < -0.39 is 0 Å². The Bertz CT molecular complexity index is 2910. The van der Waals surface area contributed by atoms with Crippen molar-refractivity contribution in [2.24, 2.45) is 0 Å². The van der Waals surface area contributed by atoms with Gasteiger partial charge in [-0.3, -0.25) is 0 Å². The maximum Gasteiger partial charge on any atom is 0.143 e. The molecule has 11 rings (SSSR count). The molecule has 0 amide bonds. The standard InChI is InChI=1S/C46H26O2/c1-3-12-29-25-41-39(21-27(29)10-1)43-35-18-7-5-14-33(35)23-37(45(43)47-41)31-16-9-17-32(20-31)38-24-34-15-6-8-19-36(34)44-40-22-28-11-2-4-13-30(28)26-42(40)48-46(38)44/h1-26H. The minimum atomic E-state index is 0.906. The van der Waals surface area contributed by atoms with E-state index in [0.29, 0.717) is 0 Å². The minimum Gasteiger partial charge on any atom is -0.455 e. The lowest BCUT2D eigenvalue weighted by molar-refractivity contribution is 0.670. The smallest absolute Gasteiger partial charge is 0.143 e. The first kappa shape index (κ1) is 25.8. The van der Waals surface area contributed by atoms with Crippen LogP contribution in [0.2, 0.25) is 0 Å². The van der Waals surface area contributed by atoms with Crippen LogP contribution >= 0.6 is 0 Å². The summed E-state index contributed by atoms with van der Waals surface area (Å²) in [6.45, 7) is 0. The number of benzene rings is 9. The molecule has 0 N–H and O–H groups in total. The molecule has 2 aromatic heterocycles. The Morgan fingerprint density at radius 1 is 0.292 bits per heavy atom. The third kappa shape index (κ3) is 3.63. The third-order valence-electron chi connectivity index (χ3n) is 10.1. The molecule has 48 heavy (non-hydrogen) atoms. The molecule has 0 atom stereocenters. The van der Waals surface area contributed by atoms with Gasteiger partial charge in [-0.15, -0.1) is 0 Å². The Morgan fingerprint density at radius 3 is 1.15 bits per heavy atom. The van der Waals surface area contributed by atoms with Crippen LogP contribution in [0.1, 0.15) is 0 Å². The zero-order valence-corrected chi connectivity index (χ0v) is 25.8. The van der Waals surface area contributed by atoms with Gasteiger partial charge >= 0.3 is 0 Å². The van der Waals surface area contributed by atoms with Crippen molar-refractivity contribution < 1.29 is 8.83 Å². The molecule has 11 aromatic rings. The summed E-state index contributed by atoms with van der Waals surface area (Å²) in [7, 11) is 0. The van der Waals surface area contributed by atoms with Crippen LogP contribution in [-0.4, -0.2) is 0 Å². The van der Waals surface area contributed by atoms with Gasteiger partial charge in [-0.05, 0) is 96.7 Å². The largest absolute Gasteiger partial charge is 0.455 e. The lowest BCUT2D eigenvalue weighted by Gasteiger charge is -2.11. The molecule has 0 aliphatic carbocycles. The quantitative estimate of drug-likeness (QED) is 0.195. The van der Waals surface area contributed by atoms with Crippen molar-refractivity contribution in [1.82, 2.24) is 0 Å². The highest BCUT2D eigenvalue weighted by Crippen LogP contribution is 2.45. The molecule has 2 heteroatoms. The average Bonchev–Trinajstić information content (AvgIpc) is 3.70. The normalized spacial score (nSPS) is 12.2. The highest BCUT2D eigenvalue weighted by atomic mass is 16.3. The molecule has 222 valence electrons. The van der Waals surface area contributed by atoms with Gasteiger partial charge < -0.3 is 8.83 Å². The zero-order valence-electron chi connectivity index (χ0n) is 25.8. The van der Waals surface area contributed by atoms with Crippen LogP contribution in [0.5, 0.6) is 0 Å². The van der Waals surface area contributed by atoms with Crippen LogP contribution in [-0.2, 0) is 0 Å². The second-order valence-corrected chi connectivity index (χ2v) is 12.9. The lowest BCUT2D eigenvalue weighted by Crippen LogP contribution is -1.86. The fourth-order valence-electron chi connectivity index (χ4n) is 7.91. The molecule has 0 radical (unpaired) electrons. The Labute approximate surface area is 275 Å². The van der Waals surface area contributed by atoms with Crippen molar-refractivity contribution in [3.05, 3.63) is 158 Å². The number of hydrogen-bond donors (Lipinski definition) is 0. The van der Waals surface area contributed by atoms with E-state index in [2.05, 4.69) is 158 Å². The Kier molecular flexibility index (Phi) is 5.14. The number of fused-ring (bicyclic) bond motifs is 12. The summed E-state index contributed by atoms with van der Waals surface area (Å²) in [6, 6.07) is 56.6. The van der Waals surface area contributed by atoms with Crippen molar-refractivity contribution in [2.45, 2.75) is 0 Å². The van der Waals surface area contributed by atoms with E-state index in [0.717, 1.165) is 66.1 Å². The molecule has 0 saturated heterocycles. The molecule has 9 aromatic carbocycles. The van der Waals surface area contributed by atoms with E-state index in [1.54, 1.807) is 0 Å². The first-order chi connectivity index (χ1) is 23.8. The molecule has 2 nitrogen and oxygen atoms in total. The van der Waals surface area contributed by atoms with Gasteiger partial charge in [0.2, 0.25) is 0 Å². The van der Waals surface area contributed by atoms with Crippen LogP contribution in [0.3, 0.4) is 0 Å². The highest BCUT2D eigenvalue weighted by Gasteiger charge is 2.20. The van der Waals surface area contributed by atoms with Crippen LogP contribution in [0.25, 0.3) is 109 Å². The second-order valence-electron chi connectivity index (χ2n) is 12.9. The monoisotopic (exact) mass is 610 g/mol. The molecule has 0 spiro atoms. The summed E-state index contributed by atoms with van der Waals surface area (Å²) in [5, 5.41) is 14.2. The fraction of sp³-hybridized carbons (Fsp3) is 0. The third-order valence-corrected chi connectivity index (χ3v) is 10.1. The lowest BCUT2D eigenvalue weighted by atomic mass is 9.92. The zero-order chi connectivity index (χ0) is 31.3. The molecular formula is C46H26O2. The summed E-state index contributed by atoms with van der Waals surface area (Å²) in [5.41, 5.74) is 8.01. The van der Waals surface area contributed by atoms with Gasteiger partial charge in [0.25, 0.3) is 0 Å². The van der Waals surface area contributed by atoms with Crippen molar-refractivity contribution >= 4 is 87.0 Å². The Hall–Kier alpha value is -6.38. The van der Waals surface area contributed by atoms with Crippen molar-refractivity contribution in [2.75, 3.05) is 0 Å². The van der Waals surface area contributed by atoms with Gasteiger partial charge in [-0.2, -0.15) is 0 Å². The number of rotatable bonds is 2. The van der Waals surface area contributed by atoms with Gasteiger partial charge in [-0.25, -0.2) is 0 Å². The molecule has 0 saturated carbocycles. The summed E-state index contributed by atoms with van der Waals surface area (Å²) in [4.78, 5) is 0. The maximum absolute atomic E-state index is 6.79. The van der Waals surface area contributed by atoms with Gasteiger partial charge in [0.05, 0.1) is 0 Å². The number of furan rings is 2. The predicted molar refractivity (Wildman–Crippen MR) is 202 cm³/mol. The Balaban J connectivity index is 1.20. The molecular weight excluding hydrogens is 585 g/mol. The van der Waals surface area contributed by atoms with E-state index >= 15 is 0 Å². The molecule has 0 aliphatic heterocycles. The van der Waals surface area contributed by atoms with Gasteiger partial charge in [0.1, 0.15) is 22.3 Å². The van der Waals surface area contributed by atoms with Gasteiger partial charge in [0, 0.05) is 32.7 Å². The van der Waals surface area contributed by atoms with Crippen molar-refractivity contribution in [1.29, 1.82) is 0 Å². The second kappa shape index (κ2) is 9.57. The summed E-state index contributed by atoms with van der Waals surface area (Å²) in [6.07, 6.45) is 0. The topological polar surface area (TPSA) is 26.3 Å². The van der Waals surface area contributed by atoms with E-state index in [9.17, 15) is 0 Å². The summed E-state index contributed by atoms with van der Waals surface area (Å²) < 4.78 is 13.6. The molecule has 0 aliphatic rings. The van der Waals surface area contributed by atoms with Crippen LogP contribution in [0.15, 0.2) is 167 Å². The summed E-state index contributed by atoms with van der Waals surface area (Å²) >= 11 is 0. The van der Waals surface area contributed by atoms with Crippen LogP contribution < -0.4 is 0 Å². The predicted octanol–water partition coefficient (Wildman–Crippen LogP) is 13.4. The van der Waals surface area contributed by atoms with Crippen LogP contribution in [0, 0.1) is 0 Å². The molecule has 0 bridgehead atoms. The van der Waals surface area contributed by atoms with E-state index in [1.165, 1.54) is 43.1 Å². The minimum absolute atomic E-state index is 0.906. The highest BCUT2D eigenvalue weighted by molar-refractivity contribution is 6.25. The summed E-state index contributed by atoms with van der Waals surface area (Å²) in [5.74, 6) is 0. The first-order valence-electron chi connectivity index (χ1n) is 16.4. The van der Waals surface area contributed by atoms with Crippen LogP contribution in [0.4, 0.5) is 0 Å². The fourth-order valence-corrected chi connectivity index (χ4v) is 7.91. The SMILES string of the molecule is c1cc(-c2cc3ccccc3c3c2oc2cc4ccccc4cc23)cc(-c2cc3ccccc3c3c2oc2cc4ccccc4cc23)c1. The van der Waals surface area contributed by atoms with E-state index in [-0.39, 0.29) is 0 Å². The average molecular weight is 611 g/mol. The Morgan fingerprint density at radius 2 is 0.688 bits per heavy atom. The van der Waals surface area contributed by atoms with Gasteiger partial charge in [0.15, 0.2) is 0 Å². The van der Waals surface area contributed by atoms with E-state index in [1.807, 2.05) is 0 Å². The van der Waals surface area contributed by atoms with E-state index in [4.69, 9.17) is 8.83 Å². The van der Waals surface area contributed by atoms with Crippen molar-refractivity contribution in [3.63, 3.8) is 0 Å².